The molecule has 4 N–H and O–H groups in total. The number of cyclic esters (lactones) is 1. The summed E-state index contributed by atoms with van der Waals surface area (Å²) in [5.74, 6) is -0.907. The monoisotopic (exact) mass is 917 g/mol. The fourth-order valence-electron chi connectivity index (χ4n) is 11.3. The van der Waals surface area contributed by atoms with Crippen molar-refractivity contribution in [2.24, 2.45) is 16.7 Å². The third-order valence-electron chi connectivity index (χ3n) is 14.9. The van der Waals surface area contributed by atoms with Crippen molar-refractivity contribution in [2.45, 2.75) is 117 Å². The van der Waals surface area contributed by atoms with E-state index in [-0.39, 0.29) is 60.0 Å². The fourth-order valence-corrected chi connectivity index (χ4v) is 11.3. The molecule has 358 valence electrons. The molecular formula is C52H68N8O7. The van der Waals surface area contributed by atoms with E-state index < -0.39 is 29.5 Å². The van der Waals surface area contributed by atoms with Crippen molar-refractivity contribution in [1.82, 2.24) is 40.4 Å². The highest BCUT2D eigenvalue weighted by atomic mass is 16.5. The van der Waals surface area contributed by atoms with Gasteiger partial charge >= 0.3 is 5.97 Å². The van der Waals surface area contributed by atoms with Gasteiger partial charge in [-0.05, 0) is 117 Å². The molecule has 4 fully saturated rings. The van der Waals surface area contributed by atoms with E-state index in [2.05, 4.69) is 70.6 Å². The minimum atomic E-state index is -1.02. The molecule has 0 radical (unpaired) electrons. The van der Waals surface area contributed by atoms with Crippen molar-refractivity contribution >= 4 is 34.6 Å². The molecule has 15 nitrogen and oxygen atoms in total. The second-order valence-corrected chi connectivity index (χ2v) is 20.9. The van der Waals surface area contributed by atoms with Gasteiger partial charge in [-0.1, -0.05) is 39.8 Å². The van der Waals surface area contributed by atoms with E-state index in [4.69, 9.17) is 14.5 Å². The quantitative estimate of drug-likeness (QED) is 0.125. The highest BCUT2D eigenvalue weighted by Crippen LogP contribution is 2.43. The number of nitrogens with zero attached hydrogens (tertiary/aromatic N) is 5. The molecule has 1 spiro atoms. The Hall–Kier alpha value is -5.35. The Kier molecular flexibility index (Phi) is 13.0. The summed E-state index contributed by atoms with van der Waals surface area (Å²) in [5, 5.41) is 20.2. The molecule has 6 bridgehead atoms. The lowest BCUT2D eigenvalue weighted by Crippen LogP contribution is -2.62. The summed E-state index contributed by atoms with van der Waals surface area (Å²) in [7, 11) is 1.69. The minimum Gasteiger partial charge on any atom is -0.508 e. The second kappa shape index (κ2) is 18.6. The number of fused-ring (bicyclic) bond motifs is 6. The Morgan fingerprint density at radius 3 is 2.57 bits per heavy atom. The average Bonchev–Trinajstić information content (AvgIpc) is 3.86. The van der Waals surface area contributed by atoms with E-state index in [0.29, 0.717) is 57.5 Å². The number of nitrogens with one attached hydrogen (secondary N) is 3. The van der Waals surface area contributed by atoms with Crippen molar-refractivity contribution < 1.29 is 33.8 Å². The zero-order valence-electron chi connectivity index (χ0n) is 40.2. The third-order valence-corrected chi connectivity index (χ3v) is 14.9. The molecule has 67 heavy (non-hydrogen) atoms. The predicted octanol–water partition coefficient (Wildman–Crippen LogP) is 5.37. The minimum absolute atomic E-state index is 0.0455. The number of phenolic OH excluding ortho intramolecular Hbond substituents is 1. The van der Waals surface area contributed by atoms with Crippen molar-refractivity contribution in [3.63, 3.8) is 0 Å². The van der Waals surface area contributed by atoms with E-state index in [9.17, 15) is 24.3 Å². The molecule has 15 heteroatoms. The maximum atomic E-state index is 14.8. The van der Waals surface area contributed by atoms with E-state index in [1.807, 2.05) is 37.8 Å². The molecule has 4 saturated heterocycles. The molecule has 0 aliphatic carbocycles. The van der Waals surface area contributed by atoms with Crippen molar-refractivity contribution in [2.75, 3.05) is 53.0 Å². The van der Waals surface area contributed by atoms with Crippen LogP contribution >= 0.6 is 0 Å². The molecule has 4 aromatic rings. The van der Waals surface area contributed by atoms with E-state index in [0.717, 1.165) is 70.5 Å². The van der Waals surface area contributed by atoms with Crippen molar-refractivity contribution in [3.05, 3.63) is 71.5 Å². The molecule has 7 heterocycles. The highest BCUT2D eigenvalue weighted by molar-refractivity contribution is 5.96. The fraction of sp³-hybridized carbons (Fsp3) is 0.558. The van der Waals surface area contributed by atoms with E-state index in [1.165, 1.54) is 5.01 Å². The van der Waals surface area contributed by atoms with Crippen molar-refractivity contribution in [1.29, 1.82) is 0 Å². The third kappa shape index (κ3) is 9.44. The maximum Gasteiger partial charge on any atom is 0.324 e. The predicted molar refractivity (Wildman–Crippen MR) is 256 cm³/mol. The van der Waals surface area contributed by atoms with Gasteiger partial charge in [0, 0.05) is 86.3 Å². The number of aromatic hydroxyl groups is 1. The number of ether oxygens (including phenoxy) is 2. The van der Waals surface area contributed by atoms with Gasteiger partial charge in [-0.3, -0.25) is 34.1 Å². The number of methoxy groups -OCH3 is 1. The molecule has 2 aromatic carbocycles. The summed E-state index contributed by atoms with van der Waals surface area (Å²) in [5.41, 5.74) is 9.89. The molecule has 5 aliphatic heterocycles. The van der Waals surface area contributed by atoms with Crippen LogP contribution in [0.2, 0.25) is 0 Å². The van der Waals surface area contributed by atoms with Crippen LogP contribution in [-0.2, 0) is 48.0 Å². The average molecular weight is 917 g/mol. The summed E-state index contributed by atoms with van der Waals surface area (Å²) in [4.78, 5) is 65.5. The maximum absolute atomic E-state index is 14.8. The van der Waals surface area contributed by atoms with Crippen LogP contribution < -0.4 is 16.1 Å². The zero-order chi connectivity index (χ0) is 47.4. The Balaban J connectivity index is 1.09. The van der Waals surface area contributed by atoms with Gasteiger partial charge in [-0.15, -0.1) is 0 Å². The summed E-state index contributed by atoms with van der Waals surface area (Å²) >= 11 is 0. The number of hydrazine groups is 1. The number of rotatable bonds is 9. The van der Waals surface area contributed by atoms with Crippen LogP contribution in [0.15, 0.2) is 54.7 Å². The number of phenols is 1. The zero-order valence-corrected chi connectivity index (χ0v) is 40.2. The van der Waals surface area contributed by atoms with Gasteiger partial charge in [0.15, 0.2) is 0 Å². The number of esters is 1. The second-order valence-electron chi connectivity index (χ2n) is 20.9. The first-order chi connectivity index (χ1) is 32.1. The standard InChI is InChI=1S/C52H68N8O7/c1-8-59-43-14-13-34-25-38(43)39(46(59)37-11-9-17-53-44(37)32(4)66-7)26-51(5,6)30-67-50(65)40-12-10-18-60(56-40)49(64)41(23-33-21-35(34)24-36(61)22-33)55-47(62)45(31(2)3)57-19-15-52(28-57)16-20-58(29-52)48(63)42-27-54-42/h9,11,13-14,17,21-22,24-25,31-32,40-42,45,54,56,61H,8,10,12,15-16,18-20,23,26-30H2,1-7H3,(H,55,62)/t32-,40-,41-,42+,45-,52+/m0/s1. The number of hydrogen-bond donors (Lipinski definition) is 4. The highest BCUT2D eigenvalue weighted by Gasteiger charge is 2.49. The number of aromatic nitrogens is 2. The summed E-state index contributed by atoms with van der Waals surface area (Å²) in [6.45, 7) is 17.1. The number of benzene rings is 2. The van der Waals surface area contributed by atoms with Gasteiger partial charge in [-0.25, -0.2) is 5.43 Å². The van der Waals surface area contributed by atoms with Gasteiger partial charge in [-0.2, -0.15) is 0 Å². The van der Waals surface area contributed by atoms with Crippen LogP contribution in [0.5, 0.6) is 5.75 Å². The summed E-state index contributed by atoms with van der Waals surface area (Å²) in [6.07, 6.45) is 5.03. The number of carbonyl (C=O) groups is 4. The smallest absolute Gasteiger partial charge is 0.324 e. The Labute approximate surface area is 393 Å². The Morgan fingerprint density at radius 1 is 1.03 bits per heavy atom. The lowest BCUT2D eigenvalue weighted by molar-refractivity contribution is -0.155. The summed E-state index contributed by atoms with van der Waals surface area (Å²) < 4.78 is 14.3. The van der Waals surface area contributed by atoms with Gasteiger partial charge < -0.3 is 34.7 Å². The lowest BCUT2D eigenvalue weighted by atomic mass is 9.84. The molecule has 0 unspecified atom stereocenters. The molecule has 0 saturated carbocycles. The summed E-state index contributed by atoms with van der Waals surface area (Å²) in [6, 6.07) is 13.4. The molecule has 2 aromatic heterocycles. The molecule has 6 atom stereocenters. The molecular weight excluding hydrogens is 849 g/mol. The number of carbonyl (C=O) groups excluding carboxylic acids is 4. The van der Waals surface area contributed by atoms with E-state index in [1.54, 1.807) is 25.4 Å². The number of aryl methyl sites for hydroxylation is 1. The molecule has 9 rings (SSSR count). The van der Waals surface area contributed by atoms with Crippen LogP contribution in [0, 0.1) is 16.7 Å². The number of amides is 3. The largest absolute Gasteiger partial charge is 0.508 e. The van der Waals surface area contributed by atoms with Gasteiger partial charge in [0.2, 0.25) is 11.8 Å². The van der Waals surface area contributed by atoms with Crippen LogP contribution in [0.1, 0.15) is 90.2 Å². The topological polar surface area (TPSA) is 181 Å². The first-order valence-electron chi connectivity index (χ1n) is 24.3. The Morgan fingerprint density at radius 2 is 1.82 bits per heavy atom. The van der Waals surface area contributed by atoms with Crippen LogP contribution in [-0.4, -0.2) is 130 Å². The first-order valence-corrected chi connectivity index (χ1v) is 24.3. The SMILES string of the molecule is CCn1c(-c2cccnc2[C@H](C)OC)c2c3cc(ccc31)-c1cc(O)cc(c1)C[C@H](NC(=O)[C@H](C(C)C)N1CC[C@@]3(CCN(C(=O)[C@H]4CN4)C3)C1)C(=O)N1CCC[C@H](N1)C(=O)OCC(C)(C)C2. The molecule has 5 aliphatic rings. The number of pyridine rings is 1. The van der Waals surface area contributed by atoms with Gasteiger partial charge in [0.1, 0.15) is 17.8 Å². The number of likely N-dealkylation sites (tertiary alicyclic amines) is 2. The van der Waals surface area contributed by atoms with Crippen LogP contribution in [0.4, 0.5) is 0 Å². The first kappa shape index (κ1) is 46.7. The lowest BCUT2D eigenvalue weighted by Gasteiger charge is -2.37. The van der Waals surface area contributed by atoms with Crippen LogP contribution in [0.3, 0.4) is 0 Å². The van der Waals surface area contributed by atoms with E-state index >= 15 is 0 Å². The number of hydrogen-bond acceptors (Lipinski definition) is 11. The normalized spacial score (nSPS) is 25.3. The van der Waals surface area contributed by atoms with Crippen molar-refractivity contribution in [3.8, 4) is 28.1 Å². The Bertz CT molecular complexity index is 2550. The molecule has 3 amide bonds. The van der Waals surface area contributed by atoms with Gasteiger partial charge in [0.25, 0.3) is 5.91 Å². The van der Waals surface area contributed by atoms with Crippen LogP contribution in [0.25, 0.3) is 33.3 Å². The van der Waals surface area contributed by atoms with Gasteiger partial charge in [0.05, 0.1) is 36.2 Å².